The fourth-order valence-electron chi connectivity index (χ4n) is 2.95. The molecule has 0 bridgehead atoms. The van der Waals surface area contributed by atoms with E-state index >= 15 is 0 Å². The lowest BCUT2D eigenvalue weighted by Gasteiger charge is -2.30. The Bertz CT molecular complexity index is 430. The van der Waals surface area contributed by atoms with Crippen LogP contribution >= 0.6 is 0 Å². The molecule has 20 heavy (non-hydrogen) atoms. The van der Waals surface area contributed by atoms with Crippen molar-refractivity contribution < 1.29 is 13.2 Å². The highest BCUT2D eigenvalue weighted by molar-refractivity contribution is 5.40. The lowest BCUT2D eigenvalue weighted by atomic mass is 9.95. The van der Waals surface area contributed by atoms with Crippen molar-refractivity contribution in [1.82, 2.24) is 10.2 Å². The van der Waals surface area contributed by atoms with E-state index in [0.717, 1.165) is 38.3 Å². The largest absolute Gasteiger partial charge is 0.435 e. The maximum atomic E-state index is 12.5. The van der Waals surface area contributed by atoms with Crippen LogP contribution in [0, 0.1) is 5.92 Å². The van der Waals surface area contributed by atoms with Crippen LogP contribution in [-0.4, -0.2) is 22.8 Å². The monoisotopic (exact) mass is 287 g/mol. The third-order valence-corrected chi connectivity index (χ3v) is 3.94. The molecule has 0 amide bonds. The van der Waals surface area contributed by atoms with Gasteiger partial charge in [0.1, 0.15) is 0 Å². The van der Waals surface area contributed by atoms with Crippen molar-refractivity contribution in [2.24, 2.45) is 5.92 Å². The minimum Gasteiger partial charge on any atom is -0.352 e. The highest BCUT2D eigenvalue weighted by Gasteiger charge is 2.34. The molecule has 0 aromatic carbocycles. The minimum absolute atomic E-state index is 0.362. The second-order valence-corrected chi connectivity index (χ2v) is 5.44. The molecule has 1 fully saturated rings. The molecule has 2 atom stereocenters. The van der Waals surface area contributed by atoms with Gasteiger partial charge < -0.3 is 4.90 Å². The Labute approximate surface area is 117 Å². The Morgan fingerprint density at radius 3 is 2.65 bits per heavy atom. The van der Waals surface area contributed by atoms with Crippen molar-refractivity contribution in [2.45, 2.75) is 51.7 Å². The summed E-state index contributed by atoms with van der Waals surface area (Å²) in [5, 5.41) is 7.09. The molecule has 0 N–H and O–H groups in total. The number of alkyl halides is 3. The van der Waals surface area contributed by atoms with E-state index in [4.69, 9.17) is 0 Å². The Morgan fingerprint density at radius 2 is 2.10 bits per heavy atom. The molecule has 2 heterocycles. The van der Waals surface area contributed by atoms with Crippen LogP contribution in [0.2, 0.25) is 0 Å². The quantitative estimate of drug-likeness (QED) is 0.841. The maximum Gasteiger partial charge on any atom is 0.435 e. The molecule has 3 nitrogen and oxygen atoms in total. The molecule has 2 rings (SSSR count). The molecule has 1 aromatic heterocycles. The van der Waals surface area contributed by atoms with Gasteiger partial charge in [-0.15, -0.1) is 10.2 Å². The summed E-state index contributed by atoms with van der Waals surface area (Å²) < 4.78 is 37.5. The van der Waals surface area contributed by atoms with Crippen LogP contribution in [-0.2, 0) is 6.18 Å². The highest BCUT2D eigenvalue weighted by Crippen LogP contribution is 2.32. The first-order chi connectivity index (χ1) is 9.43. The predicted octanol–water partition coefficient (Wildman–Crippen LogP) is 3.90. The summed E-state index contributed by atoms with van der Waals surface area (Å²) in [6.07, 6.45) is -0.0594. The number of halogens is 3. The van der Waals surface area contributed by atoms with Crippen LogP contribution in [0.3, 0.4) is 0 Å². The van der Waals surface area contributed by atoms with Crippen molar-refractivity contribution in [3.63, 3.8) is 0 Å². The van der Waals surface area contributed by atoms with Crippen molar-refractivity contribution in [3.05, 3.63) is 17.8 Å². The maximum absolute atomic E-state index is 12.5. The lowest BCUT2D eigenvalue weighted by molar-refractivity contribution is -0.141. The molecule has 2 unspecified atom stereocenters. The van der Waals surface area contributed by atoms with E-state index in [2.05, 4.69) is 28.9 Å². The third-order valence-electron chi connectivity index (χ3n) is 3.94. The highest BCUT2D eigenvalue weighted by atomic mass is 19.4. The number of hydrogen-bond donors (Lipinski definition) is 0. The van der Waals surface area contributed by atoms with Crippen LogP contribution in [0.25, 0.3) is 0 Å². The summed E-state index contributed by atoms with van der Waals surface area (Å²) in [5.74, 6) is 1.08. The van der Waals surface area contributed by atoms with Gasteiger partial charge in [0, 0.05) is 12.6 Å². The summed E-state index contributed by atoms with van der Waals surface area (Å²) in [5.41, 5.74) is -0.932. The van der Waals surface area contributed by atoms with Gasteiger partial charge in [0.15, 0.2) is 11.5 Å². The molecule has 1 aliphatic rings. The molecular weight excluding hydrogens is 267 g/mol. The second kappa shape index (κ2) is 5.97. The van der Waals surface area contributed by atoms with E-state index in [-0.39, 0.29) is 0 Å². The van der Waals surface area contributed by atoms with Crippen molar-refractivity contribution in [1.29, 1.82) is 0 Å². The first-order valence-electron chi connectivity index (χ1n) is 7.11. The van der Waals surface area contributed by atoms with Crippen LogP contribution in [0.1, 0.15) is 45.2 Å². The smallest absolute Gasteiger partial charge is 0.352 e. The molecule has 0 saturated carbocycles. The minimum atomic E-state index is -4.43. The summed E-state index contributed by atoms with van der Waals surface area (Å²) in [7, 11) is 0. The summed E-state index contributed by atoms with van der Waals surface area (Å²) >= 11 is 0. The summed E-state index contributed by atoms with van der Waals surface area (Å²) in [6, 6.07) is 2.82. The molecule has 0 aliphatic carbocycles. The van der Waals surface area contributed by atoms with Gasteiger partial charge in [-0.2, -0.15) is 13.2 Å². The van der Waals surface area contributed by atoms with E-state index in [0.29, 0.717) is 17.8 Å². The number of nitrogens with zero attached hydrogens (tertiary/aromatic N) is 3. The SMILES string of the molecule is CCCC(C)C1CCCN1c1ccc(C(F)(F)F)nn1. The molecular formula is C14H20F3N3. The Balaban J connectivity index is 2.14. The molecule has 0 spiro atoms. The van der Waals surface area contributed by atoms with Crippen LogP contribution < -0.4 is 4.90 Å². The average Bonchev–Trinajstić information content (AvgIpc) is 2.87. The number of hydrogen-bond acceptors (Lipinski definition) is 3. The Kier molecular flexibility index (Phi) is 4.50. The fourth-order valence-corrected chi connectivity index (χ4v) is 2.95. The van der Waals surface area contributed by atoms with Crippen LogP contribution in [0.5, 0.6) is 0 Å². The molecule has 1 aliphatic heterocycles. The normalized spacial score (nSPS) is 21.2. The van der Waals surface area contributed by atoms with Crippen molar-refractivity contribution >= 4 is 5.82 Å². The summed E-state index contributed by atoms with van der Waals surface area (Å²) in [6.45, 7) is 5.19. The molecule has 1 aromatic rings. The van der Waals surface area contributed by atoms with Gasteiger partial charge >= 0.3 is 6.18 Å². The van der Waals surface area contributed by atoms with Gasteiger partial charge in [0.05, 0.1) is 0 Å². The van der Waals surface area contributed by atoms with E-state index in [1.165, 1.54) is 6.07 Å². The predicted molar refractivity (Wildman–Crippen MR) is 71.5 cm³/mol. The van der Waals surface area contributed by atoms with Gasteiger partial charge in [-0.05, 0) is 37.3 Å². The summed E-state index contributed by atoms with van der Waals surface area (Å²) in [4.78, 5) is 2.10. The molecule has 112 valence electrons. The standard InChI is InChI=1S/C14H20F3N3/c1-3-5-10(2)11-6-4-9-20(11)13-8-7-12(18-19-13)14(15,16)17/h7-8,10-11H,3-6,9H2,1-2H3. The van der Waals surface area contributed by atoms with Crippen molar-refractivity contribution in [2.75, 3.05) is 11.4 Å². The second-order valence-electron chi connectivity index (χ2n) is 5.44. The zero-order valence-electron chi connectivity index (χ0n) is 11.8. The van der Waals surface area contributed by atoms with E-state index in [1.54, 1.807) is 0 Å². The molecule has 6 heteroatoms. The number of rotatable bonds is 4. The first kappa shape index (κ1) is 15.1. The van der Waals surface area contributed by atoms with Gasteiger partial charge in [-0.25, -0.2) is 0 Å². The van der Waals surface area contributed by atoms with Crippen LogP contribution in [0.4, 0.5) is 19.0 Å². The van der Waals surface area contributed by atoms with E-state index in [9.17, 15) is 13.2 Å². The van der Waals surface area contributed by atoms with Gasteiger partial charge in [0.25, 0.3) is 0 Å². The number of anilines is 1. The zero-order valence-corrected chi connectivity index (χ0v) is 11.8. The number of aromatic nitrogens is 2. The average molecular weight is 287 g/mol. The van der Waals surface area contributed by atoms with Gasteiger partial charge in [-0.1, -0.05) is 20.3 Å². The third kappa shape index (κ3) is 3.22. The van der Waals surface area contributed by atoms with E-state index in [1.807, 2.05) is 0 Å². The topological polar surface area (TPSA) is 29.0 Å². The van der Waals surface area contributed by atoms with E-state index < -0.39 is 11.9 Å². The molecule has 0 radical (unpaired) electrons. The Hall–Kier alpha value is -1.33. The molecule has 1 saturated heterocycles. The Morgan fingerprint density at radius 1 is 1.35 bits per heavy atom. The fraction of sp³-hybridized carbons (Fsp3) is 0.714. The first-order valence-corrected chi connectivity index (χ1v) is 7.11. The van der Waals surface area contributed by atoms with Gasteiger partial charge in [-0.3, -0.25) is 0 Å². The van der Waals surface area contributed by atoms with Crippen molar-refractivity contribution in [3.8, 4) is 0 Å². The lowest BCUT2D eigenvalue weighted by Crippen LogP contribution is -2.35. The van der Waals surface area contributed by atoms with Crippen LogP contribution in [0.15, 0.2) is 12.1 Å². The zero-order chi connectivity index (χ0) is 14.8. The van der Waals surface area contributed by atoms with Gasteiger partial charge in [0.2, 0.25) is 0 Å².